The zero-order chi connectivity index (χ0) is 13.5. The number of halogens is 1. The zero-order valence-corrected chi connectivity index (χ0v) is 12.6. The van der Waals surface area contributed by atoms with Crippen molar-refractivity contribution in [3.05, 3.63) is 35.1 Å². The maximum atomic E-state index is 13.3. The lowest BCUT2D eigenvalue weighted by atomic mass is 10.1. The van der Waals surface area contributed by atoms with Crippen LogP contribution in [0, 0.1) is 12.7 Å². The Morgan fingerprint density at radius 2 is 2.06 bits per heavy atom. The summed E-state index contributed by atoms with van der Waals surface area (Å²) in [6, 6.07) is 5.75. The molecule has 0 aliphatic rings. The fourth-order valence-electron chi connectivity index (χ4n) is 1.76. The number of nitrogens with one attached hydrogen (secondary N) is 1. The Kier molecular flexibility index (Phi) is 6.72. The minimum absolute atomic E-state index is 0.121. The number of benzene rings is 1. The molecule has 1 nitrogen and oxygen atoms in total. The molecule has 1 rings (SSSR count). The topological polar surface area (TPSA) is 12.0 Å². The van der Waals surface area contributed by atoms with Gasteiger partial charge in [0, 0.05) is 11.8 Å². The molecule has 1 aromatic carbocycles. The average molecular weight is 269 g/mol. The van der Waals surface area contributed by atoms with E-state index in [4.69, 9.17) is 0 Å². The molecule has 18 heavy (non-hydrogen) atoms. The monoisotopic (exact) mass is 269 g/mol. The predicted molar refractivity (Wildman–Crippen MR) is 79.8 cm³/mol. The number of thioether (sulfide) groups is 1. The normalized spacial score (nSPS) is 13.0. The van der Waals surface area contributed by atoms with Crippen molar-refractivity contribution in [3.63, 3.8) is 0 Å². The van der Waals surface area contributed by atoms with Crippen LogP contribution in [0.3, 0.4) is 0 Å². The first-order valence-corrected chi connectivity index (χ1v) is 7.70. The van der Waals surface area contributed by atoms with Crippen molar-refractivity contribution in [2.75, 3.05) is 12.3 Å². The Balaban J connectivity index is 2.76. The Bertz CT molecular complexity index is 366. The third-order valence-electron chi connectivity index (χ3n) is 2.82. The van der Waals surface area contributed by atoms with Crippen molar-refractivity contribution in [1.29, 1.82) is 0 Å². The summed E-state index contributed by atoms with van der Waals surface area (Å²) >= 11 is 1.94. The molecule has 0 aromatic heterocycles. The highest BCUT2D eigenvalue weighted by molar-refractivity contribution is 7.99. The molecule has 1 N–H and O–H groups in total. The standard InChI is InChI=1S/C15H24FNS/c1-5-8-17-15(10-18-11(2)3)13-6-7-14(16)12(4)9-13/h6-7,9,11,15,17H,5,8,10H2,1-4H3. The molecule has 0 radical (unpaired) electrons. The second kappa shape index (κ2) is 7.80. The van der Waals surface area contributed by atoms with Crippen LogP contribution in [0.15, 0.2) is 18.2 Å². The van der Waals surface area contributed by atoms with Gasteiger partial charge in [0.2, 0.25) is 0 Å². The van der Waals surface area contributed by atoms with Crippen LogP contribution >= 0.6 is 11.8 Å². The number of rotatable bonds is 7. The first-order valence-electron chi connectivity index (χ1n) is 6.65. The Labute approximate surface area is 115 Å². The van der Waals surface area contributed by atoms with E-state index in [0.29, 0.717) is 11.3 Å². The highest BCUT2D eigenvalue weighted by atomic mass is 32.2. The van der Waals surface area contributed by atoms with E-state index < -0.39 is 0 Å². The van der Waals surface area contributed by atoms with E-state index in [1.54, 1.807) is 6.07 Å². The summed E-state index contributed by atoms with van der Waals surface area (Å²) in [5.41, 5.74) is 1.92. The molecule has 3 heteroatoms. The highest BCUT2D eigenvalue weighted by Gasteiger charge is 2.12. The van der Waals surface area contributed by atoms with Crippen LogP contribution < -0.4 is 5.32 Å². The lowest BCUT2D eigenvalue weighted by Gasteiger charge is -2.20. The summed E-state index contributed by atoms with van der Waals surface area (Å²) in [6.07, 6.45) is 1.11. The summed E-state index contributed by atoms with van der Waals surface area (Å²) in [5, 5.41) is 4.17. The lowest BCUT2D eigenvalue weighted by molar-refractivity contribution is 0.572. The van der Waals surface area contributed by atoms with Gasteiger partial charge < -0.3 is 5.32 Å². The van der Waals surface area contributed by atoms with Gasteiger partial charge in [0.15, 0.2) is 0 Å². The number of hydrogen-bond donors (Lipinski definition) is 1. The Hall–Kier alpha value is -0.540. The van der Waals surface area contributed by atoms with Gasteiger partial charge in [-0.05, 0) is 42.3 Å². The SMILES string of the molecule is CCCNC(CSC(C)C)c1ccc(F)c(C)c1. The summed E-state index contributed by atoms with van der Waals surface area (Å²) in [5.74, 6) is 0.910. The van der Waals surface area contributed by atoms with Gasteiger partial charge in [-0.1, -0.05) is 32.9 Å². The lowest BCUT2D eigenvalue weighted by Crippen LogP contribution is -2.24. The second-order valence-electron chi connectivity index (χ2n) is 4.90. The molecule has 1 unspecified atom stereocenters. The molecular formula is C15H24FNS. The van der Waals surface area contributed by atoms with Gasteiger partial charge in [0.25, 0.3) is 0 Å². The Morgan fingerprint density at radius 3 is 2.61 bits per heavy atom. The van der Waals surface area contributed by atoms with Crippen LogP contribution in [0.1, 0.15) is 44.4 Å². The number of aryl methyl sites for hydroxylation is 1. The molecule has 102 valence electrons. The highest BCUT2D eigenvalue weighted by Crippen LogP contribution is 2.23. The quantitative estimate of drug-likeness (QED) is 0.791. The van der Waals surface area contributed by atoms with Gasteiger partial charge in [-0.2, -0.15) is 11.8 Å². The zero-order valence-electron chi connectivity index (χ0n) is 11.8. The fourth-order valence-corrected chi connectivity index (χ4v) is 2.65. The minimum atomic E-state index is -0.121. The van der Waals surface area contributed by atoms with Crippen molar-refractivity contribution in [1.82, 2.24) is 5.32 Å². The average Bonchev–Trinajstić information content (AvgIpc) is 2.33. The maximum absolute atomic E-state index is 13.3. The fraction of sp³-hybridized carbons (Fsp3) is 0.600. The molecule has 0 amide bonds. The van der Waals surface area contributed by atoms with Crippen LogP contribution in [-0.2, 0) is 0 Å². The maximum Gasteiger partial charge on any atom is 0.126 e. The summed E-state index contributed by atoms with van der Waals surface area (Å²) in [7, 11) is 0. The molecular weight excluding hydrogens is 245 g/mol. The smallest absolute Gasteiger partial charge is 0.126 e. The van der Waals surface area contributed by atoms with Crippen LogP contribution in [-0.4, -0.2) is 17.5 Å². The Morgan fingerprint density at radius 1 is 1.33 bits per heavy atom. The van der Waals surface area contributed by atoms with Crippen LogP contribution in [0.4, 0.5) is 4.39 Å². The molecule has 1 aromatic rings. The van der Waals surface area contributed by atoms with E-state index in [0.717, 1.165) is 24.3 Å². The summed E-state index contributed by atoms with van der Waals surface area (Å²) in [6.45, 7) is 9.40. The molecule has 0 bridgehead atoms. The van der Waals surface area contributed by atoms with Crippen LogP contribution in [0.25, 0.3) is 0 Å². The summed E-state index contributed by atoms with van der Waals surface area (Å²) < 4.78 is 13.3. The summed E-state index contributed by atoms with van der Waals surface area (Å²) in [4.78, 5) is 0. The third-order valence-corrected chi connectivity index (χ3v) is 4.01. The first kappa shape index (κ1) is 15.5. The van der Waals surface area contributed by atoms with Crippen molar-refractivity contribution in [2.45, 2.75) is 45.4 Å². The molecule has 0 spiro atoms. The van der Waals surface area contributed by atoms with Crippen molar-refractivity contribution in [3.8, 4) is 0 Å². The molecule has 0 saturated heterocycles. The van der Waals surface area contributed by atoms with E-state index in [9.17, 15) is 4.39 Å². The molecule has 0 saturated carbocycles. The van der Waals surface area contributed by atoms with E-state index in [1.165, 1.54) is 5.56 Å². The molecule has 0 fully saturated rings. The van der Waals surface area contributed by atoms with E-state index in [2.05, 4.69) is 26.1 Å². The third kappa shape index (κ3) is 4.99. The second-order valence-corrected chi connectivity index (χ2v) is 6.51. The van der Waals surface area contributed by atoms with Crippen molar-refractivity contribution in [2.24, 2.45) is 0 Å². The first-order chi connectivity index (χ1) is 8.54. The van der Waals surface area contributed by atoms with Gasteiger partial charge in [-0.25, -0.2) is 4.39 Å². The van der Waals surface area contributed by atoms with Crippen molar-refractivity contribution < 1.29 is 4.39 Å². The van der Waals surface area contributed by atoms with Crippen LogP contribution in [0.5, 0.6) is 0 Å². The predicted octanol–water partition coefficient (Wildman–Crippen LogP) is 4.32. The van der Waals surface area contributed by atoms with E-state index in [1.807, 2.05) is 30.8 Å². The molecule has 0 aliphatic carbocycles. The van der Waals surface area contributed by atoms with Gasteiger partial charge in [-0.3, -0.25) is 0 Å². The largest absolute Gasteiger partial charge is 0.309 e. The van der Waals surface area contributed by atoms with Crippen LogP contribution in [0.2, 0.25) is 0 Å². The van der Waals surface area contributed by atoms with Gasteiger partial charge in [0.05, 0.1) is 0 Å². The minimum Gasteiger partial charge on any atom is -0.309 e. The van der Waals surface area contributed by atoms with Crippen molar-refractivity contribution >= 4 is 11.8 Å². The number of hydrogen-bond acceptors (Lipinski definition) is 2. The van der Waals surface area contributed by atoms with Gasteiger partial charge in [0.1, 0.15) is 5.82 Å². The molecule has 0 heterocycles. The molecule has 0 aliphatic heterocycles. The molecule has 1 atom stereocenters. The van der Waals surface area contributed by atoms with E-state index in [-0.39, 0.29) is 5.82 Å². The van der Waals surface area contributed by atoms with Gasteiger partial charge in [-0.15, -0.1) is 0 Å². The van der Waals surface area contributed by atoms with E-state index >= 15 is 0 Å². The van der Waals surface area contributed by atoms with Gasteiger partial charge >= 0.3 is 0 Å².